The zero-order valence-corrected chi connectivity index (χ0v) is 10.1. The molecule has 84 valence electrons. The molecule has 3 heteroatoms. The van der Waals surface area contributed by atoms with Crippen molar-refractivity contribution in [1.29, 1.82) is 0 Å². The van der Waals surface area contributed by atoms with Gasteiger partial charge in [0.2, 0.25) is 5.91 Å². The second kappa shape index (κ2) is 5.40. The average Bonchev–Trinajstić information content (AvgIpc) is 2.17. The Bertz CT molecular complexity index is 277. The highest BCUT2D eigenvalue weighted by molar-refractivity contribution is 7.80. The summed E-state index contributed by atoms with van der Waals surface area (Å²) in [4.78, 5) is 12.0. The van der Waals surface area contributed by atoms with Gasteiger partial charge in [0.25, 0.3) is 0 Å². The third kappa shape index (κ3) is 3.74. The predicted octanol–water partition coefficient (Wildman–Crippen LogP) is 2.61. The number of thiocarbonyl (C=S) groups is 1. The Hall–Kier alpha value is -0.700. The molecule has 1 fully saturated rings. The minimum absolute atomic E-state index is 0.0858. The fourth-order valence-corrected chi connectivity index (χ4v) is 2.44. The van der Waals surface area contributed by atoms with Crippen molar-refractivity contribution in [2.75, 3.05) is 0 Å². The lowest BCUT2D eigenvalue weighted by molar-refractivity contribution is -0.122. The summed E-state index contributed by atoms with van der Waals surface area (Å²) in [6, 6.07) is 0. The van der Waals surface area contributed by atoms with Gasteiger partial charge in [-0.3, -0.25) is 4.79 Å². The van der Waals surface area contributed by atoms with E-state index in [1.54, 1.807) is 0 Å². The Labute approximate surface area is 96.9 Å². The Morgan fingerprint density at radius 1 is 1.33 bits per heavy atom. The standard InChI is InChI=1S/C12H19NOS/c1-8(7-9(2)15)10-3-5-11(6-4-10)12(13)14/h10-11H,1,3-7H2,2H3,(H2,13,14)/t10-,11-. The average molecular weight is 225 g/mol. The lowest BCUT2D eigenvalue weighted by atomic mass is 9.77. The predicted molar refractivity (Wildman–Crippen MR) is 66.7 cm³/mol. The first-order chi connectivity index (χ1) is 7.00. The van der Waals surface area contributed by atoms with Gasteiger partial charge in [-0.05, 0) is 49.8 Å². The molecule has 1 saturated carbocycles. The summed E-state index contributed by atoms with van der Waals surface area (Å²) in [5.41, 5.74) is 6.51. The lowest BCUT2D eigenvalue weighted by Crippen LogP contribution is -2.28. The molecule has 1 aliphatic carbocycles. The van der Waals surface area contributed by atoms with E-state index in [0.717, 1.165) is 37.0 Å². The maximum absolute atomic E-state index is 11.0. The molecule has 0 unspecified atom stereocenters. The fourth-order valence-electron chi connectivity index (χ4n) is 2.25. The molecule has 1 rings (SSSR count). The van der Waals surface area contributed by atoms with Gasteiger partial charge in [-0.2, -0.15) is 0 Å². The molecular weight excluding hydrogens is 206 g/mol. The highest BCUT2D eigenvalue weighted by Crippen LogP contribution is 2.33. The number of hydrogen-bond acceptors (Lipinski definition) is 2. The summed E-state index contributed by atoms with van der Waals surface area (Å²) in [7, 11) is 0. The summed E-state index contributed by atoms with van der Waals surface area (Å²) in [6.07, 6.45) is 4.75. The van der Waals surface area contributed by atoms with E-state index in [0.29, 0.717) is 5.92 Å². The van der Waals surface area contributed by atoms with Crippen LogP contribution in [0.3, 0.4) is 0 Å². The van der Waals surface area contributed by atoms with Gasteiger partial charge in [-0.1, -0.05) is 24.4 Å². The van der Waals surface area contributed by atoms with Gasteiger partial charge in [0.1, 0.15) is 0 Å². The maximum atomic E-state index is 11.0. The smallest absolute Gasteiger partial charge is 0.220 e. The van der Waals surface area contributed by atoms with Crippen molar-refractivity contribution in [2.45, 2.75) is 39.0 Å². The molecule has 1 aliphatic rings. The molecule has 0 heterocycles. The van der Waals surface area contributed by atoms with E-state index < -0.39 is 0 Å². The van der Waals surface area contributed by atoms with E-state index in [2.05, 4.69) is 6.58 Å². The van der Waals surface area contributed by atoms with Crippen LogP contribution >= 0.6 is 12.2 Å². The molecule has 0 aliphatic heterocycles. The molecule has 15 heavy (non-hydrogen) atoms. The molecule has 0 saturated heterocycles. The van der Waals surface area contributed by atoms with Crippen molar-refractivity contribution in [1.82, 2.24) is 0 Å². The zero-order chi connectivity index (χ0) is 11.4. The lowest BCUT2D eigenvalue weighted by Gasteiger charge is -2.28. The van der Waals surface area contributed by atoms with Gasteiger partial charge < -0.3 is 5.73 Å². The molecule has 0 aromatic rings. The van der Waals surface area contributed by atoms with Crippen LogP contribution in [0.5, 0.6) is 0 Å². The van der Waals surface area contributed by atoms with Crippen molar-refractivity contribution < 1.29 is 4.79 Å². The summed E-state index contributed by atoms with van der Waals surface area (Å²) >= 11 is 5.07. The minimum atomic E-state index is -0.148. The van der Waals surface area contributed by atoms with E-state index in [-0.39, 0.29) is 11.8 Å². The van der Waals surface area contributed by atoms with Crippen LogP contribution in [0.4, 0.5) is 0 Å². The Morgan fingerprint density at radius 3 is 2.20 bits per heavy atom. The largest absolute Gasteiger partial charge is 0.369 e. The van der Waals surface area contributed by atoms with Crippen molar-refractivity contribution in [3.8, 4) is 0 Å². The summed E-state index contributed by atoms with van der Waals surface area (Å²) in [5.74, 6) is 0.478. The van der Waals surface area contributed by atoms with E-state index >= 15 is 0 Å². The third-order valence-corrected chi connectivity index (χ3v) is 3.33. The van der Waals surface area contributed by atoms with E-state index in [1.165, 1.54) is 5.57 Å². The molecule has 0 atom stereocenters. The number of primary amides is 1. The van der Waals surface area contributed by atoms with Crippen LogP contribution < -0.4 is 5.73 Å². The normalized spacial score (nSPS) is 25.9. The number of amides is 1. The van der Waals surface area contributed by atoms with Crippen molar-refractivity contribution in [2.24, 2.45) is 17.6 Å². The second-order valence-corrected chi connectivity index (χ2v) is 5.18. The topological polar surface area (TPSA) is 43.1 Å². The van der Waals surface area contributed by atoms with Gasteiger partial charge in [-0.25, -0.2) is 0 Å². The van der Waals surface area contributed by atoms with Crippen LogP contribution in [-0.2, 0) is 4.79 Å². The Kier molecular flexibility index (Phi) is 4.45. The molecular formula is C12H19NOS. The Balaban J connectivity index is 2.40. The van der Waals surface area contributed by atoms with Crippen molar-refractivity contribution in [3.05, 3.63) is 12.2 Å². The van der Waals surface area contributed by atoms with Crippen LogP contribution in [0.2, 0.25) is 0 Å². The highest BCUT2D eigenvalue weighted by atomic mass is 32.1. The number of carbonyl (C=O) groups is 1. The van der Waals surface area contributed by atoms with Crippen LogP contribution in [0.25, 0.3) is 0 Å². The SMILES string of the molecule is C=C(CC(C)=S)[C@H]1CC[C@H](C(N)=O)CC1. The summed E-state index contributed by atoms with van der Waals surface area (Å²) in [5, 5.41) is 0. The molecule has 2 nitrogen and oxygen atoms in total. The van der Waals surface area contributed by atoms with Gasteiger partial charge in [0, 0.05) is 5.92 Å². The van der Waals surface area contributed by atoms with Crippen LogP contribution in [0.1, 0.15) is 39.0 Å². The van der Waals surface area contributed by atoms with Gasteiger partial charge >= 0.3 is 0 Å². The zero-order valence-electron chi connectivity index (χ0n) is 9.29. The first-order valence-corrected chi connectivity index (χ1v) is 5.88. The fraction of sp³-hybridized carbons (Fsp3) is 0.667. The minimum Gasteiger partial charge on any atom is -0.369 e. The van der Waals surface area contributed by atoms with Crippen LogP contribution in [0.15, 0.2) is 12.2 Å². The van der Waals surface area contributed by atoms with Crippen molar-refractivity contribution >= 4 is 23.0 Å². The highest BCUT2D eigenvalue weighted by Gasteiger charge is 2.25. The number of nitrogens with two attached hydrogens (primary N) is 1. The number of hydrogen-bond donors (Lipinski definition) is 1. The monoisotopic (exact) mass is 225 g/mol. The molecule has 0 bridgehead atoms. The van der Waals surface area contributed by atoms with Crippen molar-refractivity contribution in [3.63, 3.8) is 0 Å². The van der Waals surface area contributed by atoms with Crippen LogP contribution in [-0.4, -0.2) is 10.8 Å². The van der Waals surface area contributed by atoms with Crippen LogP contribution in [0, 0.1) is 11.8 Å². The molecule has 0 spiro atoms. The second-order valence-electron chi connectivity index (χ2n) is 4.49. The van der Waals surface area contributed by atoms with E-state index in [1.807, 2.05) is 6.92 Å². The van der Waals surface area contributed by atoms with Gasteiger partial charge in [0.05, 0.1) is 0 Å². The summed E-state index contributed by atoms with van der Waals surface area (Å²) in [6.45, 7) is 6.04. The molecule has 2 N–H and O–H groups in total. The molecule has 0 aromatic heterocycles. The maximum Gasteiger partial charge on any atom is 0.220 e. The molecule has 1 amide bonds. The number of allylic oxidation sites excluding steroid dienone is 1. The number of carbonyl (C=O) groups excluding carboxylic acids is 1. The summed E-state index contributed by atoms with van der Waals surface area (Å²) < 4.78 is 0. The quantitative estimate of drug-likeness (QED) is 0.590. The number of rotatable bonds is 4. The Morgan fingerprint density at radius 2 is 1.80 bits per heavy atom. The first kappa shape index (κ1) is 12.4. The van der Waals surface area contributed by atoms with Gasteiger partial charge in [0.15, 0.2) is 0 Å². The third-order valence-electron chi connectivity index (χ3n) is 3.18. The molecule has 0 aromatic carbocycles. The first-order valence-electron chi connectivity index (χ1n) is 5.47. The molecule has 0 radical (unpaired) electrons. The van der Waals surface area contributed by atoms with E-state index in [9.17, 15) is 4.79 Å². The van der Waals surface area contributed by atoms with Gasteiger partial charge in [-0.15, -0.1) is 0 Å². The van der Waals surface area contributed by atoms with E-state index in [4.69, 9.17) is 18.0 Å².